The lowest BCUT2D eigenvalue weighted by molar-refractivity contribution is -0.130. The van der Waals surface area contributed by atoms with Gasteiger partial charge in [0.1, 0.15) is 6.26 Å². The predicted octanol–water partition coefficient (Wildman–Crippen LogP) is 4.65. The largest absolute Gasteiger partial charge is 0.444 e. The SMILES string of the molecule is Cc1ccc(-c2nc(CN3C(=O)NC(c4ccccc4)(c4ccccc4)C3=O)co2)cc1. The summed E-state index contributed by atoms with van der Waals surface area (Å²) in [5.74, 6) is 0.101. The molecule has 1 aliphatic rings. The van der Waals surface area contributed by atoms with Crippen LogP contribution in [0.1, 0.15) is 22.4 Å². The van der Waals surface area contributed by atoms with Crippen LogP contribution in [-0.2, 0) is 16.9 Å². The number of carbonyl (C=O) groups is 2. The standard InChI is InChI=1S/C26H21N3O3/c1-18-12-14-19(15-13-18)23-27-22(17-32-23)16-29-24(30)26(28-25(29)31,20-8-4-2-5-9-20)21-10-6-3-7-11-21/h2-15,17H,16H2,1H3,(H,28,31). The smallest absolute Gasteiger partial charge is 0.325 e. The van der Waals surface area contributed by atoms with Gasteiger partial charge in [-0.1, -0.05) is 78.4 Å². The third kappa shape index (κ3) is 3.26. The summed E-state index contributed by atoms with van der Waals surface area (Å²) >= 11 is 0. The van der Waals surface area contributed by atoms with Crippen LogP contribution in [0.3, 0.4) is 0 Å². The molecule has 3 aromatic carbocycles. The fourth-order valence-electron chi connectivity index (χ4n) is 4.02. The Hall–Kier alpha value is -4.19. The summed E-state index contributed by atoms with van der Waals surface area (Å²) < 4.78 is 5.61. The quantitative estimate of drug-likeness (QED) is 0.474. The van der Waals surface area contributed by atoms with E-state index in [1.807, 2.05) is 91.9 Å². The monoisotopic (exact) mass is 423 g/mol. The summed E-state index contributed by atoms with van der Waals surface area (Å²) in [6.07, 6.45) is 1.49. The minimum atomic E-state index is -1.29. The molecule has 158 valence electrons. The lowest BCUT2D eigenvalue weighted by Gasteiger charge is -2.27. The van der Waals surface area contributed by atoms with Gasteiger partial charge in [-0.15, -0.1) is 0 Å². The molecule has 4 aromatic rings. The second-order valence-corrected chi connectivity index (χ2v) is 7.81. The fraction of sp³-hybridized carbons (Fsp3) is 0.115. The number of hydrogen-bond donors (Lipinski definition) is 1. The van der Waals surface area contributed by atoms with Crippen LogP contribution in [-0.4, -0.2) is 21.8 Å². The number of rotatable bonds is 5. The van der Waals surface area contributed by atoms with Crippen molar-refractivity contribution in [1.29, 1.82) is 0 Å². The van der Waals surface area contributed by atoms with E-state index in [4.69, 9.17) is 4.42 Å². The highest BCUT2D eigenvalue weighted by atomic mass is 16.3. The average Bonchev–Trinajstić information content (AvgIpc) is 3.40. The van der Waals surface area contributed by atoms with E-state index in [2.05, 4.69) is 10.3 Å². The van der Waals surface area contributed by atoms with Crippen LogP contribution in [0, 0.1) is 6.92 Å². The van der Waals surface area contributed by atoms with E-state index < -0.39 is 11.6 Å². The molecule has 0 spiro atoms. The molecule has 1 saturated heterocycles. The van der Waals surface area contributed by atoms with Crippen molar-refractivity contribution >= 4 is 11.9 Å². The molecule has 2 heterocycles. The van der Waals surface area contributed by atoms with Crippen LogP contribution in [0.25, 0.3) is 11.5 Å². The number of aryl methyl sites for hydroxylation is 1. The molecule has 1 aromatic heterocycles. The van der Waals surface area contributed by atoms with Gasteiger partial charge in [0.25, 0.3) is 5.91 Å². The first-order valence-electron chi connectivity index (χ1n) is 10.3. The number of benzene rings is 3. The number of aromatic nitrogens is 1. The van der Waals surface area contributed by atoms with Crippen molar-refractivity contribution in [2.45, 2.75) is 19.0 Å². The van der Waals surface area contributed by atoms with Crippen molar-refractivity contribution in [2.75, 3.05) is 0 Å². The maximum Gasteiger partial charge on any atom is 0.325 e. The van der Waals surface area contributed by atoms with Gasteiger partial charge in [-0.25, -0.2) is 9.78 Å². The molecule has 0 radical (unpaired) electrons. The second-order valence-electron chi connectivity index (χ2n) is 7.81. The van der Waals surface area contributed by atoms with Crippen molar-refractivity contribution in [1.82, 2.24) is 15.2 Å². The fourth-order valence-corrected chi connectivity index (χ4v) is 4.02. The number of nitrogens with zero attached hydrogens (tertiary/aromatic N) is 2. The van der Waals surface area contributed by atoms with Gasteiger partial charge in [0.15, 0.2) is 5.54 Å². The minimum Gasteiger partial charge on any atom is -0.444 e. The van der Waals surface area contributed by atoms with Crippen molar-refractivity contribution < 1.29 is 14.0 Å². The van der Waals surface area contributed by atoms with Crippen LogP contribution >= 0.6 is 0 Å². The highest BCUT2D eigenvalue weighted by Crippen LogP contribution is 2.36. The Labute approximate surface area is 185 Å². The van der Waals surface area contributed by atoms with Gasteiger partial charge in [0.05, 0.1) is 12.2 Å². The Kier molecular flexibility index (Phi) is 4.82. The molecule has 0 saturated carbocycles. The van der Waals surface area contributed by atoms with Gasteiger partial charge >= 0.3 is 6.03 Å². The molecule has 6 nitrogen and oxygen atoms in total. The number of urea groups is 1. The lowest BCUT2D eigenvalue weighted by atomic mass is 9.82. The Balaban J connectivity index is 1.48. The second kappa shape index (κ2) is 7.81. The van der Waals surface area contributed by atoms with Crippen LogP contribution in [0.2, 0.25) is 0 Å². The van der Waals surface area contributed by atoms with E-state index in [9.17, 15) is 9.59 Å². The molecule has 0 atom stereocenters. The number of carbonyl (C=O) groups excluding carboxylic acids is 2. The van der Waals surface area contributed by atoms with Gasteiger partial charge in [0, 0.05) is 5.56 Å². The number of hydrogen-bond acceptors (Lipinski definition) is 4. The summed E-state index contributed by atoms with van der Waals surface area (Å²) in [4.78, 5) is 32.4. The zero-order chi connectivity index (χ0) is 22.1. The molecule has 0 bridgehead atoms. The topological polar surface area (TPSA) is 75.4 Å². The van der Waals surface area contributed by atoms with Gasteiger partial charge in [-0.2, -0.15) is 0 Å². The Morgan fingerprint density at radius 2 is 1.47 bits per heavy atom. The molecule has 32 heavy (non-hydrogen) atoms. The molecule has 1 fully saturated rings. The van der Waals surface area contributed by atoms with Crippen molar-refractivity contribution in [2.24, 2.45) is 0 Å². The highest BCUT2D eigenvalue weighted by Gasteiger charge is 2.53. The van der Waals surface area contributed by atoms with Crippen LogP contribution < -0.4 is 5.32 Å². The van der Waals surface area contributed by atoms with Crippen molar-refractivity contribution in [3.63, 3.8) is 0 Å². The van der Waals surface area contributed by atoms with Crippen LogP contribution in [0.5, 0.6) is 0 Å². The van der Waals surface area contributed by atoms with Crippen LogP contribution in [0.4, 0.5) is 4.79 Å². The molecule has 6 heteroatoms. The average molecular weight is 423 g/mol. The maximum atomic E-state index is 13.7. The predicted molar refractivity (Wildman–Crippen MR) is 119 cm³/mol. The Morgan fingerprint density at radius 1 is 0.875 bits per heavy atom. The first kappa shape index (κ1) is 19.8. The Bertz CT molecular complexity index is 1230. The molecule has 1 aliphatic heterocycles. The molecular weight excluding hydrogens is 402 g/mol. The summed E-state index contributed by atoms with van der Waals surface area (Å²) in [5.41, 5.74) is 2.59. The Morgan fingerprint density at radius 3 is 2.06 bits per heavy atom. The third-order valence-electron chi connectivity index (χ3n) is 5.69. The summed E-state index contributed by atoms with van der Waals surface area (Å²) in [5, 5.41) is 2.94. The first-order chi connectivity index (χ1) is 15.6. The zero-order valence-corrected chi connectivity index (χ0v) is 17.5. The zero-order valence-electron chi connectivity index (χ0n) is 17.5. The van der Waals surface area contributed by atoms with Gasteiger partial charge in [-0.3, -0.25) is 9.69 Å². The number of amides is 3. The molecule has 3 amide bonds. The summed E-state index contributed by atoms with van der Waals surface area (Å²) in [7, 11) is 0. The molecule has 1 N–H and O–H groups in total. The van der Waals surface area contributed by atoms with Gasteiger partial charge in [0.2, 0.25) is 5.89 Å². The maximum absolute atomic E-state index is 13.7. The van der Waals surface area contributed by atoms with E-state index >= 15 is 0 Å². The minimum absolute atomic E-state index is 0.0153. The van der Waals surface area contributed by atoms with E-state index in [-0.39, 0.29) is 12.5 Å². The van der Waals surface area contributed by atoms with Crippen molar-refractivity contribution in [3.8, 4) is 11.5 Å². The van der Waals surface area contributed by atoms with Crippen LogP contribution in [0.15, 0.2) is 95.6 Å². The van der Waals surface area contributed by atoms with Gasteiger partial charge < -0.3 is 9.73 Å². The molecular formula is C26H21N3O3. The summed E-state index contributed by atoms with van der Waals surface area (Å²) in [6.45, 7) is 2.02. The van der Waals surface area contributed by atoms with E-state index in [1.165, 1.54) is 11.2 Å². The number of nitrogens with one attached hydrogen (secondary N) is 1. The molecule has 0 aliphatic carbocycles. The molecule has 0 unspecified atom stereocenters. The van der Waals surface area contributed by atoms with E-state index in [1.54, 1.807) is 0 Å². The normalized spacial score (nSPS) is 15.1. The number of oxazole rings is 1. The third-order valence-corrected chi connectivity index (χ3v) is 5.69. The van der Waals surface area contributed by atoms with Crippen molar-refractivity contribution in [3.05, 3.63) is 114 Å². The number of imide groups is 1. The van der Waals surface area contributed by atoms with Gasteiger partial charge in [-0.05, 0) is 30.2 Å². The molecule has 5 rings (SSSR count). The van der Waals surface area contributed by atoms with E-state index in [0.29, 0.717) is 22.7 Å². The first-order valence-corrected chi connectivity index (χ1v) is 10.3. The van der Waals surface area contributed by atoms with E-state index in [0.717, 1.165) is 11.1 Å². The summed E-state index contributed by atoms with van der Waals surface area (Å²) in [6, 6.07) is 25.9. The highest BCUT2D eigenvalue weighted by molar-refractivity contribution is 6.09. The lowest BCUT2D eigenvalue weighted by Crippen LogP contribution is -2.45.